The van der Waals surface area contributed by atoms with Crippen LogP contribution < -0.4 is 10.8 Å². The molecule has 9 heteroatoms. The summed E-state index contributed by atoms with van der Waals surface area (Å²) in [5.41, 5.74) is 6.26. The fourth-order valence-corrected chi connectivity index (χ4v) is 3.73. The van der Waals surface area contributed by atoms with Crippen LogP contribution in [0, 0.1) is 21.8 Å². The molecule has 152 valence electrons. The van der Waals surface area contributed by atoms with Gasteiger partial charge in [0.05, 0.1) is 40.3 Å². The Labute approximate surface area is 187 Å². The van der Waals surface area contributed by atoms with Crippen LogP contribution >= 0.6 is 34.2 Å². The summed E-state index contributed by atoms with van der Waals surface area (Å²) in [6.07, 6.45) is 4.43. The second kappa shape index (κ2) is 9.10. The van der Waals surface area contributed by atoms with Gasteiger partial charge in [-0.1, -0.05) is 25.4 Å². The summed E-state index contributed by atoms with van der Waals surface area (Å²) >= 11 is 8.57. The van der Waals surface area contributed by atoms with Crippen molar-refractivity contribution in [3.8, 4) is 0 Å². The zero-order chi connectivity index (χ0) is 21.1. The van der Waals surface area contributed by atoms with Crippen LogP contribution in [-0.2, 0) is 4.84 Å². The molecule has 0 spiro atoms. The van der Waals surface area contributed by atoms with E-state index < -0.39 is 0 Å². The SMILES string of the molecule is Cc1c(C(=O)NOCC(C)C)cn2ncc(C=N)c(Nc3ccc(I)cc3Cl)c12. The molecule has 7 nitrogen and oxygen atoms in total. The second-order valence-electron chi connectivity index (χ2n) is 6.97. The highest BCUT2D eigenvalue weighted by Crippen LogP contribution is 2.33. The van der Waals surface area contributed by atoms with Gasteiger partial charge in [0.1, 0.15) is 0 Å². The van der Waals surface area contributed by atoms with Crippen molar-refractivity contribution in [2.75, 3.05) is 11.9 Å². The van der Waals surface area contributed by atoms with Crippen molar-refractivity contribution < 1.29 is 9.63 Å². The van der Waals surface area contributed by atoms with Gasteiger partial charge in [-0.25, -0.2) is 10.00 Å². The third kappa shape index (κ3) is 4.71. The van der Waals surface area contributed by atoms with Gasteiger partial charge < -0.3 is 10.7 Å². The monoisotopic (exact) mass is 525 g/mol. The summed E-state index contributed by atoms with van der Waals surface area (Å²) in [7, 11) is 0. The minimum atomic E-state index is -0.344. The maximum Gasteiger partial charge on any atom is 0.276 e. The lowest BCUT2D eigenvalue weighted by Gasteiger charge is -2.13. The van der Waals surface area contributed by atoms with E-state index in [0.717, 1.165) is 9.13 Å². The van der Waals surface area contributed by atoms with Crippen LogP contribution in [0.25, 0.3) is 5.52 Å². The summed E-state index contributed by atoms with van der Waals surface area (Å²) in [6.45, 7) is 6.26. The first-order valence-corrected chi connectivity index (χ1v) is 10.4. The van der Waals surface area contributed by atoms with Crippen molar-refractivity contribution in [1.29, 1.82) is 5.41 Å². The number of anilines is 2. The molecule has 0 unspecified atom stereocenters. The topological polar surface area (TPSA) is 91.5 Å². The number of carbonyl (C=O) groups is 1. The number of aryl methyl sites for hydroxylation is 1. The molecule has 29 heavy (non-hydrogen) atoms. The number of fused-ring (bicyclic) bond motifs is 1. The van der Waals surface area contributed by atoms with Crippen molar-refractivity contribution in [3.05, 3.63) is 55.9 Å². The van der Waals surface area contributed by atoms with E-state index in [1.165, 1.54) is 6.21 Å². The molecule has 0 aliphatic heterocycles. The lowest BCUT2D eigenvalue weighted by atomic mass is 10.1. The average molecular weight is 526 g/mol. The maximum absolute atomic E-state index is 12.6. The minimum Gasteiger partial charge on any atom is -0.352 e. The number of hydrogen-bond acceptors (Lipinski definition) is 5. The summed E-state index contributed by atoms with van der Waals surface area (Å²) in [5.74, 6) is -0.0425. The Morgan fingerprint density at radius 1 is 1.45 bits per heavy atom. The summed E-state index contributed by atoms with van der Waals surface area (Å²) < 4.78 is 2.63. The van der Waals surface area contributed by atoms with Crippen LogP contribution in [-0.4, -0.2) is 28.3 Å². The highest BCUT2D eigenvalue weighted by Gasteiger charge is 2.20. The van der Waals surface area contributed by atoms with Crippen molar-refractivity contribution in [2.24, 2.45) is 5.92 Å². The highest BCUT2D eigenvalue weighted by atomic mass is 127. The molecule has 0 aliphatic carbocycles. The lowest BCUT2D eigenvalue weighted by Crippen LogP contribution is -2.25. The molecular weight excluding hydrogens is 505 g/mol. The summed E-state index contributed by atoms with van der Waals surface area (Å²) in [4.78, 5) is 17.8. The number of nitrogens with one attached hydrogen (secondary N) is 3. The number of nitrogens with zero attached hydrogens (tertiary/aromatic N) is 2. The van der Waals surface area contributed by atoms with E-state index in [-0.39, 0.29) is 5.91 Å². The predicted octanol–water partition coefficient (Wildman–Crippen LogP) is 4.96. The van der Waals surface area contributed by atoms with Gasteiger partial charge in [0.2, 0.25) is 0 Å². The quantitative estimate of drug-likeness (QED) is 0.231. The van der Waals surface area contributed by atoms with Crippen LogP contribution in [0.4, 0.5) is 11.4 Å². The molecule has 0 saturated carbocycles. The molecule has 2 aromatic heterocycles. The van der Waals surface area contributed by atoms with E-state index in [1.807, 2.05) is 39.0 Å². The van der Waals surface area contributed by atoms with E-state index in [4.69, 9.17) is 21.8 Å². The molecule has 0 saturated heterocycles. The third-order valence-corrected chi connectivity index (χ3v) is 5.24. The van der Waals surface area contributed by atoms with Crippen molar-refractivity contribution in [1.82, 2.24) is 15.1 Å². The van der Waals surface area contributed by atoms with Gasteiger partial charge in [0.25, 0.3) is 5.91 Å². The summed E-state index contributed by atoms with van der Waals surface area (Å²) in [5, 5.41) is 16.0. The largest absolute Gasteiger partial charge is 0.352 e. The van der Waals surface area contributed by atoms with Crippen LogP contribution in [0.15, 0.2) is 30.6 Å². The molecule has 3 rings (SSSR count). The number of amides is 1. The zero-order valence-corrected chi connectivity index (χ0v) is 19.1. The van der Waals surface area contributed by atoms with E-state index in [1.54, 1.807) is 16.9 Å². The van der Waals surface area contributed by atoms with Crippen LogP contribution in [0.1, 0.15) is 35.3 Å². The number of hydroxylamine groups is 1. The van der Waals surface area contributed by atoms with Gasteiger partial charge in [0, 0.05) is 21.5 Å². The normalized spacial score (nSPS) is 11.1. The van der Waals surface area contributed by atoms with Crippen LogP contribution in [0.5, 0.6) is 0 Å². The number of rotatable bonds is 7. The number of benzene rings is 1. The van der Waals surface area contributed by atoms with Crippen LogP contribution in [0.2, 0.25) is 5.02 Å². The Kier molecular flexibility index (Phi) is 6.76. The smallest absolute Gasteiger partial charge is 0.276 e. The first-order valence-electron chi connectivity index (χ1n) is 8.97. The minimum absolute atomic E-state index is 0.302. The molecule has 0 atom stereocenters. The fourth-order valence-electron chi connectivity index (χ4n) is 2.83. The average Bonchev–Trinajstić information content (AvgIpc) is 3.01. The Balaban J connectivity index is 2.03. The molecule has 2 heterocycles. The molecule has 0 bridgehead atoms. The third-order valence-electron chi connectivity index (χ3n) is 4.26. The Morgan fingerprint density at radius 3 is 2.86 bits per heavy atom. The van der Waals surface area contributed by atoms with Crippen molar-refractivity contribution in [2.45, 2.75) is 20.8 Å². The van der Waals surface area contributed by atoms with Crippen LogP contribution in [0.3, 0.4) is 0 Å². The van der Waals surface area contributed by atoms with Gasteiger partial charge in [-0.3, -0.25) is 9.63 Å². The second-order valence-corrected chi connectivity index (χ2v) is 8.62. The van der Waals surface area contributed by atoms with E-state index in [2.05, 4.69) is 38.5 Å². The summed E-state index contributed by atoms with van der Waals surface area (Å²) in [6, 6.07) is 5.66. The Hall–Kier alpha value is -2.17. The van der Waals surface area contributed by atoms with Gasteiger partial charge in [0.15, 0.2) is 0 Å². The van der Waals surface area contributed by atoms with Crippen molar-refractivity contribution in [3.63, 3.8) is 0 Å². The Bertz CT molecular complexity index is 1080. The molecule has 0 radical (unpaired) electrons. The van der Waals surface area contributed by atoms with Crippen molar-refractivity contribution >= 4 is 63.2 Å². The van der Waals surface area contributed by atoms with Gasteiger partial charge >= 0.3 is 0 Å². The molecule has 3 N–H and O–H groups in total. The van der Waals surface area contributed by atoms with Gasteiger partial charge in [-0.15, -0.1) is 0 Å². The van der Waals surface area contributed by atoms with Gasteiger partial charge in [-0.05, 0) is 59.2 Å². The predicted molar refractivity (Wildman–Crippen MR) is 124 cm³/mol. The molecular formula is C20H21ClIN5O2. The Morgan fingerprint density at radius 2 is 2.21 bits per heavy atom. The zero-order valence-electron chi connectivity index (χ0n) is 16.2. The molecule has 0 aliphatic rings. The first-order chi connectivity index (χ1) is 13.8. The van der Waals surface area contributed by atoms with E-state index in [9.17, 15) is 4.79 Å². The lowest BCUT2D eigenvalue weighted by molar-refractivity contribution is 0.0208. The number of halogens is 2. The highest BCUT2D eigenvalue weighted by molar-refractivity contribution is 14.1. The number of aromatic nitrogens is 2. The molecule has 3 aromatic rings. The van der Waals surface area contributed by atoms with E-state index >= 15 is 0 Å². The van der Waals surface area contributed by atoms with E-state index in [0.29, 0.717) is 45.6 Å². The first kappa shape index (κ1) is 21.5. The standard InChI is InChI=1S/C20H21ClIN5O2/c1-11(2)10-29-26-20(28)15-9-27-19(12(15)3)18(13(7-23)8-24-27)25-17-5-4-14(22)6-16(17)21/h4-9,11,23,25H,10H2,1-3H3,(H,26,28). The molecule has 0 fully saturated rings. The number of hydrogen-bond donors (Lipinski definition) is 3. The number of carbonyl (C=O) groups excluding carboxylic acids is 1. The molecule has 1 aromatic carbocycles. The maximum atomic E-state index is 12.6. The fraction of sp³-hybridized carbons (Fsp3) is 0.250. The van der Waals surface area contributed by atoms with Gasteiger partial charge in [-0.2, -0.15) is 5.10 Å². The molecule has 1 amide bonds.